The zero-order valence-corrected chi connectivity index (χ0v) is 26.0. The average Bonchev–Trinajstić information content (AvgIpc) is 3.44. The van der Waals surface area contributed by atoms with Crippen molar-refractivity contribution in [2.45, 2.75) is 32.2 Å². The molecule has 228 valence electrons. The molecule has 0 aromatic heterocycles. The maximum Gasteiger partial charge on any atom is 0.225 e. The van der Waals surface area contributed by atoms with Gasteiger partial charge in [0.05, 0.1) is 12.3 Å². The fourth-order valence-corrected chi connectivity index (χ4v) is 6.71. The number of aldehydes is 1. The predicted molar refractivity (Wildman–Crippen MR) is 170 cm³/mol. The summed E-state index contributed by atoms with van der Waals surface area (Å²) in [6.07, 6.45) is 5.93. The Bertz CT molecular complexity index is 1430. The molecule has 3 aliphatic rings. The number of hydrogen-bond donors (Lipinski definition) is 3. The summed E-state index contributed by atoms with van der Waals surface area (Å²) in [5.74, 6) is 0.00909. The first-order valence-electron chi connectivity index (χ1n) is 14.5. The van der Waals surface area contributed by atoms with Gasteiger partial charge in [-0.15, -0.1) is 0 Å². The van der Waals surface area contributed by atoms with Crippen LogP contribution in [-0.2, 0) is 21.2 Å². The molecule has 5 rings (SSSR count). The van der Waals surface area contributed by atoms with Gasteiger partial charge in [-0.3, -0.25) is 9.59 Å². The molecule has 11 heteroatoms. The molecule has 1 amide bonds. The van der Waals surface area contributed by atoms with E-state index >= 15 is 0 Å². The Labute approximate surface area is 250 Å². The lowest BCUT2D eigenvalue weighted by Gasteiger charge is -2.32. The van der Waals surface area contributed by atoms with Crippen molar-refractivity contribution in [1.82, 2.24) is 14.1 Å². The molecule has 3 heterocycles. The van der Waals surface area contributed by atoms with Gasteiger partial charge in [-0.2, -0.15) is 4.31 Å². The Kier molecular flexibility index (Phi) is 10.6. The zero-order valence-electron chi connectivity index (χ0n) is 25.2. The summed E-state index contributed by atoms with van der Waals surface area (Å²) < 4.78 is 25.4. The maximum atomic E-state index is 12.8. The van der Waals surface area contributed by atoms with Gasteiger partial charge in [0.2, 0.25) is 15.9 Å². The summed E-state index contributed by atoms with van der Waals surface area (Å²) in [5.41, 5.74) is 12.0. The second kappa shape index (κ2) is 13.9. The highest BCUT2D eigenvalue weighted by Crippen LogP contribution is 2.41. The highest BCUT2D eigenvalue weighted by atomic mass is 32.2. The quantitative estimate of drug-likeness (QED) is 0.314. The van der Waals surface area contributed by atoms with E-state index in [2.05, 4.69) is 39.3 Å². The van der Waals surface area contributed by atoms with E-state index in [1.165, 1.54) is 17.6 Å². The Hall–Kier alpha value is -3.09. The molecule has 4 N–H and O–H groups in total. The topological polar surface area (TPSA) is 128 Å². The molecule has 1 unspecified atom stereocenters. The van der Waals surface area contributed by atoms with Gasteiger partial charge in [-0.1, -0.05) is 24.3 Å². The number of nitrogens with two attached hydrogens (primary N) is 1. The zero-order chi connectivity index (χ0) is 30.4. The monoisotopic (exact) mass is 596 g/mol. The summed E-state index contributed by atoms with van der Waals surface area (Å²) in [6.45, 7) is 7.64. The molecule has 1 fully saturated rings. The van der Waals surface area contributed by atoms with Gasteiger partial charge in [0.15, 0.2) is 6.29 Å². The number of benzene rings is 2. The Morgan fingerprint density at radius 1 is 1.10 bits per heavy atom. The van der Waals surface area contributed by atoms with E-state index < -0.39 is 10.0 Å². The predicted octanol–water partition coefficient (Wildman–Crippen LogP) is 2.55. The van der Waals surface area contributed by atoms with Crippen LogP contribution in [0.15, 0.2) is 42.0 Å². The third kappa shape index (κ3) is 7.27. The van der Waals surface area contributed by atoms with Crippen LogP contribution >= 0.6 is 0 Å². The molecule has 0 saturated carbocycles. The Morgan fingerprint density at radius 3 is 2.48 bits per heavy atom. The number of likely N-dealkylation sites (N-methyl/N-ethyl adjacent to an activating group) is 1. The second-order valence-corrected chi connectivity index (χ2v) is 13.1. The molecule has 0 spiro atoms. The maximum absolute atomic E-state index is 12.8. The van der Waals surface area contributed by atoms with Crippen molar-refractivity contribution in [2.24, 2.45) is 5.73 Å². The van der Waals surface area contributed by atoms with Crippen molar-refractivity contribution < 1.29 is 18.0 Å². The fourth-order valence-electron chi connectivity index (χ4n) is 5.94. The molecule has 1 saturated heterocycles. The van der Waals surface area contributed by atoms with Crippen LogP contribution in [-0.4, -0.2) is 107 Å². The van der Waals surface area contributed by atoms with Gasteiger partial charge in [-0.05, 0) is 73.8 Å². The number of sulfonamides is 1. The lowest BCUT2D eigenvalue weighted by atomic mass is 9.90. The molecule has 0 radical (unpaired) electrons. The number of fused-ring (bicyclic) bond motifs is 1. The van der Waals surface area contributed by atoms with E-state index in [1.807, 2.05) is 37.3 Å². The van der Waals surface area contributed by atoms with Crippen LogP contribution in [0.5, 0.6) is 0 Å². The largest absolute Gasteiger partial charge is 0.377 e. The summed E-state index contributed by atoms with van der Waals surface area (Å²) in [5, 5.41) is 6.68. The summed E-state index contributed by atoms with van der Waals surface area (Å²) in [6, 6.07) is 9.81. The minimum atomic E-state index is -3.22. The number of rotatable bonds is 8. The molecule has 0 bridgehead atoms. The lowest BCUT2D eigenvalue weighted by Crippen LogP contribution is -2.45. The van der Waals surface area contributed by atoms with Gasteiger partial charge < -0.3 is 26.2 Å². The molecular weight excluding hydrogens is 552 g/mol. The number of carbonyl (C=O) groups is 2. The molecular formula is C31H44N6O4S. The van der Waals surface area contributed by atoms with Crippen molar-refractivity contribution >= 4 is 33.6 Å². The van der Waals surface area contributed by atoms with Crippen molar-refractivity contribution in [3.63, 3.8) is 0 Å². The number of piperazine rings is 1. The van der Waals surface area contributed by atoms with Crippen molar-refractivity contribution in [3.05, 3.63) is 58.7 Å². The van der Waals surface area contributed by atoms with E-state index in [0.717, 1.165) is 78.2 Å². The summed E-state index contributed by atoms with van der Waals surface area (Å²) in [4.78, 5) is 29.4. The number of carbonyl (C=O) groups excluding carboxylic acids is 2. The van der Waals surface area contributed by atoms with Crippen LogP contribution in [0.4, 0.5) is 11.4 Å². The van der Waals surface area contributed by atoms with E-state index in [9.17, 15) is 18.0 Å². The molecule has 2 aromatic rings. The van der Waals surface area contributed by atoms with Crippen LogP contribution in [0.3, 0.4) is 0 Å². The summed E-state index contributed by atoms with van der Waals surface area (Å²) in [7, 11) is 0.403. The third-order valence-electron chi connectivity index (χ3n) is 8.47. The van der Waals surface area contributed by atoms with E-state index in [-0.39, 0.29) is 11.9 Å². The molecule has 10 nitrogen and oxygen atoms in total. The van der Waals surface area contributed by atoms with Crippen LogP contribution < -0.4 is 16.4 Å². The smallest absolute Gasteiger partial charge is 0.225 e. The molecule has 0 aliphatic carbocycles. The molecule has 3 aliphatic heterocycles. The van der Waals surface area contributed by atoms with Gasteiger partial charge in [0.1, 0.15) is 0 Å². The highest BCUT2D eigenvalue weighted by molar-refractivity contribution is 7.88. The first-order valence-corrected chi connectivity index (χ1v) is 16.4. The van der Waals surface area contributed by atoms with Crippen molar-refractivity contribution in [1.29, 1.82) is 0 Å². The molecule has 2 aromatic carbocycles. The normalized spacial score (nSPS) is 19.6. The molecule has 1 atom stereocenters. The lowest BCUT2D eigenvalue weighted by molar-refractivity contribution is -0.116. The fraction of sp³-hybridized carbons (Fsp3) is 0.484. The average molecular weight is 597 g/mol. The first-order chi connectivity index (χ1) is 20.1. The number of nitrogens with zero attached hydrogens (tertiary/aromatic N) is 3. The highest BCUT2D eigenvalue weighted by Gasteiger charge is 2.31. The number of hydrogen-bond acceptors (Lipinski definition) is 8. The summed E-state index contributed by atoms with van der Waals surface area (Å²) >= 11 is 0. The number of anilines is 2. The van der Waals surface area contributed by atoms with E-state index in [0.29, 0.717) is 37.9 Å². The minimum Gasteiger partial charge on any atom is -0.377 e. The van der Waals surface area contributed by atoms with Crippen LogP contribution in [0, 0.1) is 6.92 Å². The standard InChI is InChI=1S/C30H39N5O4S.CH5N/c1-21-24(5-4-6-27(21)31-29(37)11-12-34-17-15-33(2)16-18-34)25-8-7-23(20-36)30-26(25)19-28(32-30)22-9-13-35(14-10-22)40(3,38)39;1-2/h4-9,20,28,32H,10-19H2,1-3H3,(H,31,37);2H2,1H3. The number of amides is 1. The van der Waals surface area contributed by atoms with E-state index in [1.54, 1.807) is 0 Å². The van der Waals surface area contributed by atoms with Crippen molar-refractivity contribution in [3.8, 4) is 11.1 Å². The Balaban J connectivity index is 0.00000198. The van der Waals surface area contributed by atoms with Gasteiger partial charge >= 0.3 is 0 Å². The molecule has 42 heavy (non-hydrogen) atoms. The SMILES string of the molecule is CN.Cc1c(NC(=O)CCN2CCN(C)CC2)cccc1-c1ccc(C=O)c2c1CC(C1=CCN(S(C)(=O)=O)CC1)N2. The van der Waals surface area contributed by atoms with Crippen LogP contribution in [0.1, 0.15) is 34.3 Å². The first kappa shape index (κ1) is 31.8. The van der Waals surface area contributed by atoms with Crippen LogP contribution in [0.25, 0.3) is 11.1 Å². The van der Waals surface area contributed by atoms with Gasteiger partial charge in [0, 0.05) is 69.2 Å². The number of nitrogens with one attached hydrogen (secondary N) is 2. The van der Waals surface area contributed by atoms with E-state index in [4.69, 9.17) is 0 Å². The van der Waals surface area contributed by atoms with Gasteiger partial charge in [-0.25, -0.2) is 8.42 Å². The third-order valence-corrected chi connectivity index (χ3v) is 9.74. The minimum absolute atomic E-state index is 0.00864. The second-order valence-electron chi connectivity index (χ2n) is 11.1. The van der Waals surface area contributed by atoms with Crippen molar-refractivity contribution in [2.75, 3.05) is 76.8 Å². The van der Waals surface area contributed by atoms with Gasteiger partial charge in [0.25, 0.3) is 0 Å². The Morgan fingerprint density at radius 2 is 1.83 bits per heavy atom. The van der Waals surface area contributed by atoms with Crippen LogP contribution in [0.2, 0.25) is 0 Å².